The molecule has 0 heterocycles. The molecular formula is C14H15NOS2. The summed E-state index contributed by atoms with van der Waals surface area (Å²) in [5.74, 6) is 0. The molecule has 2 aromatic rings. The molecular weight excluding hydrogens is 262 g/mol. The lowest BCUT2D eigenvalue weighted by molar-refractivity contribution is 0.681. The fourth-order valence-electron chi connectivity index (χ4n) is 1.57. The average Bonchev–Trinajstić information content (AvgIpc) is 2.40. The minimum atomic E-state index is -2.36. The molecule has 2 nitrogen and oxygen atoms in total. The molecule has 0 fully saturated rings. The zero-order valence-corrected chi connectivity index (χ0v) is 12.0. The van der Waals surface area contributed by atoms with Crippen LogP contribution in [0.25, 0.3) is 0 Å². The summed E-state index contributed by atoms with van der Waals surface area (Å²) in [7, 11) is -2.36. The van der Waals surface area contributed by atoms with E-state index < -0.39 is 9.73 Å². The maximum Gasteiger partial charge on any atom is 0.0771 e. The molecule has 0 spiro atoms. The van der Waals surface area contributed by atoms with Crippen LogP contribution in [0.3, 0.4) is 0 Å². The summed E-state index contributed by atoms with van der Waals surface area (Å²) in [4.78, 5) is 1.94. The molecule has 0 saturated carbocycles. The van der Waals surface area contributed by atoms with Crippen molar-refractivity contribution in [3.05, 3.63) is 54.6 Å². The largest absolute Gasteiger partial charge is 0.245 e. The van der Waals surface area contributed by atoms with Gasteiger partial charge in [0.25, 0.3) is 0 Å². The van der Waals surface area contributed by atoms with Gasteiger partial charge in [0.2, 0.25) is 0 Å². The Hall–Kier alpha value is -1.26. The van der Waals surface area contributed by atoms with Gasteiger partial charge in [-0.1, -0.05) is 18.2 Å². The minimum absolute atomic E-state index is 0.754. The van der Waals surface area contributed by atoms with Gasteiger partial charge in [0.15, 0.2) is 0 Å². The molecule has 94 valence electrons. The lowest BCUT2D eigenvalue weighted by Crippen LogP contribution is -1.95. The van der Waals surface area contributed by atoms with Crippen molar-refractivity contribution in [3.63, 3.8) is 0 Å². The van der Waals surface area contributed by atoms with Crippen LogP contribution in [0.5, 0.6) is 0 Å². The van der Waals surface area contributed by atoms with Gasteiger partial charge in [-0.3, -0.25) is 0 Å². The summed E-state index contributed by atoms with van der Waals surface area (Å²) >= 11 is 1.68. The van der Waals surface area contributed by atoms with Gasteiger partial charge in [-0.15, -0.1) is 11.8 Å². The molecule has 0 aromatic heterocycles. The Kier molecular flexibility index (Phi) is 4.09. The van der Waals surface area contributed by atoms with Crippen LogP contribution in [0, 0.1) is 0 Å². The number of benzene rings is 2. The van der Waals surface area contributed by atoms with Crippen molar-refractivity contribution in [2.24, 2.45) is 4.36 Å². The smallest absolute Gasteiger partial charge is 0.0771 e. The van der Waals surface area contributed by atoms with Crippen molar-refractivity contribution in [2.75, 3.05) is 12.5 Å². The van der Waals surface area contributed by atoms with E-state index >= 15 is 0 Å². The molecule has 4 heteroatoms. The third-order valence-corrected chi connectivity index (χ3v) is 4.98. The van der Waals surface area contributed by atoms with Crippen molar-refractivity contribution in [3.8, 4) is 0 Å². The fraction of sp³-hybridized carbons (Fsp3) is 0.143. The monoisotopic (exact) mass is 277 g/mol. The minimum Gasteiger partial charge on any atom is -0.245 e. The van der Waals surface area contributed by atoms with E-state index in [0.29, 0.717) is 0 Å². The highest BCUT2D eigenvalue weighted by molar-refractivity contribution is 7.98. The van der Waals surface area contributed by atoms with Crippen LogP contribution in [-0.4, -0.2) is 16.7 Å². The fourth-order valence-corrected chi connectivity index (χ4v) is 3.27. The van der Waals surface area contributed by atoms with Crippen LogP contribution in [0.15, 0.2) is 68.8 Å². The van der Waals surface area contributed by atoms with E-state index in [1.807, 2.05) is 60.9 Å². The van der Waals surface area contributed by atoms with Gasteiger partial charge in [-0.2, -0.15) is 4.36 Å². The number of nitrogens with zero attached hydrogens (tertiary/aromatic N) is 1. The van der Waals surface area contributed by atoms with Crippen LogP contribution in [0.2, 0.25) is 0 Å². The molecule has 0 aliphatic rings. The van der Waals surface area contributed by atoms with E-state index in [1.54, 1.807) is 18.0 Å². The summed E-state index contributed by atoms with van der Waals surface area (Å²) in [6.45, 7) is 0. The first-order valence-electron chi connectivity index (χ1n) is 5.53. The predicted octanol–water partition coefficient (Wildman–Crippen LogP) is 4.20. The second-order valence-corrected chi connectivity index (χ2v) is 7.04. The van der Waals surface area contributed by atoms with Gasteiger partial charge in [-0.25, -0.2) is 4.21 Å². The van der Waals surface area contributed by atoms with Crippen molar-refractivity contribution in [1.82, 2.24) is 0 Å². The molecule has 1 unspecified atom stereocenters. The van der Waals surface area contributed by atoms with Gasteiger partial charge in [0.1, 0.15) is 0 Å². The summed E-state index contributed by atoms with van der Waals surface area (Å²) < 4.78 is 16.9. The van der Waals surface area contributed by atoms with Crippen molar-refractivity contribution in [2.45, 2.75) is 9.79 Å². The van der Waals surface area contributed by atoms with Gasteiger partial charge >= 0.3 is 0 Å². The van der Waals surface area contributed by atoms with Gasteiger partial charge in [0.05, 0.1) is 15.4 Å². The zero-order chi connectivity index (χ0) is 13.0. The van der Waals surface area contributed by atoms with E-state index in [2.05, 4.69) is 4.36 Å². The van der Waals surface area contributed by atoms with Crippen molar-refractivity contribution >= 4 is 27.2 Å². The number of thioether (sulfide) groups is 1. The second kappa shape index (κ2) is 5.59. The Morgan fingerprint density at radius 3 is 2.17 bits per heavy atom. The number of rotatable bonds is 3. The average molecular weight is 277 g/mol. The van der Waals surface area contributed by atoms with Gasteiger partial charge in [0, 0.05) is 16.0 Å². The number of hydrogen-bond acceptors (Lipinski definition) is 3. The van der Waals surface area contributed by atoms with Gasteiger partial charge in [-0.05, 0) is 42.7 Å². The third kappa shape index (κ3) is 3.15. The van der Waals surface area contributed by atoms with Crippen LogP contribution in [0.1, 0.15) is 0 Å². The first kappa shape index (κ1) is 13.2. The van der Waals surface area contributed by atoms with Gasteiger partial charge < -0.3 is 0 Å². The molecule has 1 atom stereocenters. The zero-order valence-electron chi connectivity index (χ0n) is 10.4. The molecule has 0 N–H and O–H groups in total. The van der Waals surface area contributed by atoms with Crippen molar-refractivity contribution < 1.29 is 4.21 Å². The van der Waals surface area contributed by atoms with Crippen LogP contribution in [0.4, 0.5) is 5.69 Å². The third-order valence-electron chi connectivity index (χ3n) is 2.53. The van der Waals surface area contributed by atoms with E-state index in [-0.39, 0.29) is 0 Å². The quantitative estimate of drug-likeness (QED) is 0.787. The SMILES string of the molecule is CSc1ccc(N=S(C)(=O)c2ccccc2)cc1. The Morgan fingerprint density at radius 1 is 1.00 bits per heavy atom. The van der Waals surface area contributed by atoms with E-state index in [4.69, 9.17) is 0 Å². The molecule has 18 heavy (non-hydrogen) atoms. The van der Waals surface area contributed by atoms with E-state index in [1.165, 1.54) is 4.90 Å². The molecule has 0 aliphatic heterocycles. The molecule has 0 saturated heterocycles. The number of hydrogen-bond donors (Lipinski definition) is 0. The lowest BCUT2D eigenvalue weighted by Gasteiger charge is -2.04. The Labute approximate surface area is 113 Å². The topological polar surface area (TPSA) is 29.4 Å². The highest BCUT2D eigenvalue weighted by atomic mass is 32.2. The standard InChI is InChI=1S/C14H15NOS2/c1-17-13-10-8-12(9-11-13)15-18(2,16)14-6-4-3-5-7-14/h3-11H,1-2H3. The first-order chi connectivity index (χ1) is 8.62. The maximum absolute atomic E-state index is 12.5. The highest BCUT2D eigenvalue weighted by Gasteiger charge is 2.05. The predicted molar refractivity (Wildman–Crippen MR) is 79.1 cm³/mol. The summed E-state index contributed by atoms with van der Waals surface area (Å²) in [6.07, 6.45) is 3.70. The van der Waals surface area contributed by atoms with Crippen molar-refractivity contribution in [1.29, 1.82) is 0 Å². The normalized spacial score (nSPS) is 13.9. The van der Waals surface area contributed by atoms with Crippen LogP contribution >= 0.6 is 11.8 Å². The summed E-state index contributed by atoms with van der Waals surface area (Å²) in [6, 6.07) is 17.1. The highest BCUT2D eigenvalue weighted by Crippen LogP contribution is 2.22. The molecule has 2 rings (SSSR count). The second-order valence-electron chi connectivity index (χ2n) is 3.90. The first-order valence-corrected chi connectivity index (χ1v) is 8.68. The van der Waals surface area contributed by atoms with Crippen LogP contribution < -0.4 is 0 Å². The molecule has 0 radical (unpaired) electrons. The summed E-state index contributed by atoms with van der Waals surface area (Å²) in [5.41, 5.74) is 0.754. The molecule has 0 amide bonds. The van der Waals surface area contributed by atoms with Crippen LogP contribution in [-0.2, 0) is 9.73 Å². The summed E-state index contributed by atoms with van der Waals surface area (Å²) in [5, 5.41) is 0. The molecule has 0 bridgehead atoms. The lowest BCUT2D eigenvalue weighted by atomic mass is 10.3. The van der Waals surface area contributed by atoms with E-state index in [9.17, 15) is 4.21 Å². The Bertz CT molecular complexity index is 627. The Balaban J connectivity index is 2.40. The Morgan fingerprint density at radius 2 is 1.61 bits per heavy atom. The molecule has 2 aromatic carbocycles. The maximum atomic E-state index is 12.5. The molecule has 0 aliphatic carbocycles. The van der Waals surface area contributed by atoms with E-state index in [0.717, 1.165) is 10.6 Å².